The molecule has 0 amide bonds. The molecule has 230 valence electrons. The van der Waals surface area contributed by atoms with Crippen molar-refractivity contribution in [2.75, 3.05) is 5.32 Å². The Labute approximate surface area is 278 Å². The molecule has 11 rings (SSSR count). The van der Waals surface area contributed by atoms with Gasteiger partial charge in [-0.1, -0.05) is 96.6 Å². The Balaban J connectivity index is 1.09. The fourth-order valence-electron chi connectivity index (χ4n) is 11.0. The van der Waals surface area contributed by atoms with Gasteiger partial charge in [-0.2, -0.15) is 0 Å². The lowest BCUT2D eigenvalue weighted by Gasteiger charge is -2.61. The van der Waals surface area contributed by atoms with E-state index >= 15 is 0 Å². The van der Waals surface area contributed by atoms with Crippen molar-refractivity contribution in [1.29, 1.82) is 0 Å². The Morgan fingerprint density at radius 1 is 0.532 bits per heavy atom. The predicted octanol–water partition coefficient (Wildman–Crippen LogP) is 12.3. The third-order valence-electron chi connectivity index (χ3n) is 12.6. The maximum Gasteiger partial charge on any atom is 0.0467 e. The standard InChI is InChI=1S/C46H41N/c1-28-12-18-40-41(20-28)44(47-37-16-13-33(14-17-37)32-8-4-3-5-9-32)21-29(2)45(40)34-15-19-39-38-10-6-7-11-42(38)46(43(39)27-34)35-23-30-22-31(25-35)26-36(46)24-30/h3-21,27,30-31,35-36,47H,22-26H2,1-2H3. The molecular weight excluding hydrogens is 567 g/mol. The van der Waals surface area contributed by atoms with E-state index in [0.717, 1.165) is 29.4 Å². The maximum atomic E-state index is 3.81. The second-order valence-corrected chi connectivity index (χ2v) is 15.2. The number of anilines is 2. The van der Waals surface area contributed by atoms with Crippen molar-refractivity contribution in [3.63, 3.8) is 0 Å². The highest BCUT2D eigenvalue weighted by Gasteiger charge is 2.61. The molecule has 0 unspecified atom stereocenters. The summed E-state index contributed by atoms with van der Waals surface area (Å²) in [6.07, 6.45) is 7.15. The molecule has 1 spiro atoms. The fourth-order valence-corrected chi connectivity index (χ4v) is 11.0. The van der Waals surface area contributed by atoms with Crippen LogP contribution in [0.4, 0.5) is 11.4 Å². The minimum atomic E-state index is 0.184. The zero-order valence-corrected chi connectivity index (χ0v) is 27.4. The summed E-state index contributed by atoms with van der Waals surface area (Å²) in [5.74, 6) is 3.45. The van der Waals surface area contributed by atoms with E-state index in [4.69, 9.17) is 0 Å². The lowest BCUT2D eigenvalue weighted by Crippen LogP contribution is -2.55. The zero-order chi connectivity index (χ0) is 31.3. The Kier molecular flexibility index (Phi) is 5.96. The van der Waals surface area contributed by atoms with Crippen molar-refractivity contribution >= 4 is 22.1 Å². The maximum absolute atomic E-state index is 3.81. The van der Waals surface area contributed by atoms with Gasteiger partial charge in [-0.05, 0) is 155 Å². The van der Waals surface area contributed by atoms with E-state index in [1.54, 1.807) is 11.1 Å². The number of fused-ring (bicyclic) bond motifs is 4. The highest BCUT2D eigenvalue weighted by molar-refractivity contribution is 6.06. The van der Waals surface area contributed by atoms with Gasteiger partial charge >= 0.3 is 0 Å². The van der Waals surface area contributed by atoms with Gasteiger partial charge in [0.05, 0.1) is 0 Å². The number of benzene rings is 6. The van der Waals surface area contributed by atoms with Crippen LogP contribution < -0.4 is 5.32 Å². The first-order valence-corrected chi connectivity index (χ1v) is 17.8. The molecule has 0 saturated heterocycles. The molecule has 0 aromatic heterocycles. The zero-order valence-electron chi connectivity index (χ0n) is 27.4. The van der Waals surface area contributed by atoms with Crippen LogP contribution in [0.1, 0.15) is 54.4 Å². The van der Waals surface area contributed by atoms with Gasteiger partial charge in [-0.15, -0.1) is 0 Å². The first-order chi connectivity index (χ1) is 23.1. The molecule has 1 nitrogen and oxygen atoms in total. The molecule has 4 saturated carbocycles. The second-order valence-electron chi connectivity index (χ2n) is 15.2. The Hall–Kier alpha value is -4.62. The van der Waals surface area contributed by atoms with E-state index in [1.807, 2.05) is 0 Å². The summed E-state index contributed by atoms with van der Waals surface area (Å²) in [6, 6.07) is 45.8. The molecule has 5 aliphatic rings. The fraction of sp³-hybridized carbons (Fsp3) is 0.261. The van der Waals surface area contributed by atoms with Crippen LogP contribution in [0, 0.1) is 37.5 Å². The van der Waals surface area contributed by atoms with Crippen LogP contribution in [0.5, 0.6) is 0 Å². The van der Waals surface area contributed by atoms with E-state index in [2.05, 4.69) is 140 Å². The highest BCUT2D eigenvalue weighted by atomic mass is 14.9. The molecule has 6 aromatic rings. The minimum Gasteiger partial charge on any atom is -0.355 e. The Morgan fingerprint density at radius 2 is 1.19 bits per heavy atom. The predicted molar refractivity (Wildman–Crippen MR) is 197 cm³/mol. The van der Waals surface area contributed by atoms with Gasteiger partial charge in [0.25, 0.3) is 0 Å². The van der Waals surface area contributed by atoms with Gasteiger partial charge in [0.2, 0.25) is 0 Å². The summed E-state index contributed by atoms with van der Waals surface area (Å²) in [5, 5.41) is 6.42. The summed E-state index contributed by atoms with van der Waals surface area (Å²) < 4.78 is 0. The average Bonchev–Trinajstić information content (AvgIpc) is 3.38. The third kappa shape index (κ3) is 4.02. The molecular formula is C46H41N. The van der Waals surface area contributed by atoms with E-state index in [1.165, 1.54) is 93.1 Å². The number of hydrogen-bond acceptors (Lipinski definition) is 1. The van der Waals surface area contributed by atoms with Crippen molar-refractivity contribution in [3.8, 4) is 33.4 Å². The van der Waals surface area contributed by atoms with Crippen molar-refractivity contribution in [2.24, 2.45) is 23.7 Å². The molecule has 1 heteroatoms. The summed E-state index contributed by atoms with van der Waals surface area (Å²) in [5.41, 5.74) is 16.5. The first kappa shape index (κ1) is 27.5. The van der Waals surface area contributed by atoms with Crippen LogP contribution in [0.2, 0.25) is 0 Å². The van der Waals surface area contributed by atoms with Crippen molar-refractivity contribution in [1.82, 2.24) is 0 Å². The van der Waals surface area contributed by atoms with E-state index < -0.39 is 0 Å². The van der Waals surface area contributed by atoms with Gasteiger partial charge in [-0.3, -0.25) is 0 Å². The summed E-state index contributed by atoms with van der Waals surface area (Å²) in [6.45, 7) is 4.51. The van der Waals surface area contributed by atoms with Gasteiger partial charge in [-0.25, -0.2) is 0 Å². The Bertz CT molecular complexity index is 2160. The van der Waals surface area contributed by atoms with Crippen LogP contribution in [-0.4, -0.2) is 0 Å². The quantitative estimate of drug-likeness (QED) is 0.210. The lowest BCUT2D eigenvalue weighted by molar-refractivity contribution is -0.0399. The molecule has 1 N–H and O–H groups in total. The molecule has 0 aliphatic heterocycles. The van der Waals surface area contributed by atoms with Crippen molar-refractivity contribution < 1.29 is 0 Å². The highest BCUT2D eigenvalue weighted by Crippen LogP contribution is 2.69. The van der Waals surface area contributed by atoms with Crippen molar-refractivity contribution in [3.05, 3.63) is 144 Å². The molecule has 47 heavy (non-hydrogen) atoms. The third-order valence-corrected chi connectivity index (χ3v) is 12.6. The molecule has 0 heterocycles. The van der Waals surface area contributed by atoms with Crippen molar-refractivity contribution in [2.45, 2.75) is 51.4 Å². The van der Waals surface area contributed by atoms with Crippen LogP contribution in [-0.2, 0) is 5.41 Å². The largest absolute Gasteiger partial charge is 0.355 e. The van der Waals surface area contributed by atoms with Gasteiger partial charge in [0.1, 0.15) is 0 Å². The van der Waals surface area contributed by atoms with Gasteiger partial charge in [0, 0.05) is 22.2 Å². The minimum absolute atomic E-state index is 0.184. The first-order valence-electron chi connectivity index (χ1n) is 17.8. The number of rotatable bonds is 4. The summed E-state index contributed by atoms with van der Waals surface area (Å²) in [4.78, 5) is 0. The molecule has 0 atom stereocenters. The Morgan fingerprint density at radius 3 is 1.96 bits per heavy atom. The number of nitrogens with one attached hydrogen (secondary N) is 1. The molecule has 0 radical (unpaired) electrons. The van der Waals surface area contributed by atoms with E-state index in [0.29, 0.717) is 0 Å². The van der Waals surface area contributed by atoms with E-state index in [-0.39, 0.29) is 5.41 Å². The average molecular weight is 608 g/mol. The summed E-state index contributed by atoms with van der Waals surface area (Å²) in [7, 11) is 0. The normalized spacial score (nSPS) is 24.9. The topological polar surface area (TPSA) is 12.0 Å². The second kappa shape index (κ2) is 10.2. The SMILES string of the molecule is Cc1ccc2c(-c3ccc4c(c3)C3(c5ccccc5-4)C4CC5CC(C4)CC3C5)c(C)cc(Nc3ccc(-c4ccccc4)cc3)c2c1. The van der Waals surface area contributed by atoms with Gasteiger partial charge < -0.3 is 5.32 Å². The van der Waals surface area contributed by atoms with Crippen LogP contribution in [0.25, 0.3) is 44.2 Å². The van der Waals surface area contributed by atoms with Crippen LogP contribution in [0.3, 0.4) is 0 Å². The molecule has 6 aromatic carbocycles. The monoisotopic (exact) mass is 607 g/mol. The lowest BCUT2D eigenvalue weighted by atomic mass is 9.43. The molecule has 5 aliphatic carbocycles. The smallest absolute Gasteiger partial charge is 0.0467 e. The molecule has 4 bridgehead atoms. The number of hydrogen-bond donors (Lipinski definition) is 1. The number of aryl methyl sites for hydroxylation is 2. The van der Waals surface area contributed by atoms with Crippen LogP contribution >= 0.6 is 0 Å². The molecule has 4 fully saturated rings. The summed E-state index contributed by atoms with van der Waals surface area (Å²) >= 11 is 0. The van der Waals surface area contributed by atoms with Crippen LogP contribution in [0.15, 0.2) is 121 Å². The van der Waals surface area contributed by atoms with Gasteiger partial charge in [0.15, 0.2) is 0 Å². The van der Waals surface area contributed by atoms with E-state index in [9.17, 15) is 0 Å².